The highest BCUT2D eigenvalue weighted by molar-refractivity contribution is 5.96. The molecule has 0 aliphatic rings. The number of carbonyl (C=O) groups is 1. The lowest BCUT2D eigenvalue weighted by molar-refractivity contribution is 0.0953. The van der Waals surface area contributed by atoms with Crippen LogP contribution in [0.15, 0.2) is 18.3 Å². The fourth-order valence-electron chi connectivity index (χ4n) is 1.85. The number of ether oxygens (including phenoxy) is 1. The van der Waals surface area contributed by atoms with E-state index in [4.69, 9.17) is 10.5 Å². The highest BCUT2D eigenvalue weighted by Gasteiger charge is 2.20. The molecule has 4 nitrogen and oxygen atoms in total. The van der Waals surface area contributed by atoms with Gasteiger partial charge in [-0.3, -0.25) is 4.79 Å². The minimum Gasteiger partial charge on any atom is -0.494 e. The van der Waals surface area contributed by atoms with Gasteiger partial charge in [-0.1, -0.05) is 13.8 Å². The molecule has 0 bridgehead atoms. The standard InChI is InChI=1S/C14H22N2O2/c1-14(2,8-9-15)7-6-11(17)13-12(18-3)5-4-10-16-13/h4-5,10H,6-9,15H2,1-3H3. The van der Waals surface area contributed by atoms with Gasteiger partial charge >= 0.3 is 0 Å². The van der Waals surface area contributed by atoms with Crippen LogP contribution in [0.25, 0.3) is 0 Å². The van der Waals surface area contributed by atoms with Crippen molar-refractivity contribution < 1.29 is 9.53 Å². The second-order valence-electron chi connectivity index (χ2n) is 5.18. The second kappa shape index (κ2) is 6.50. The summed E-state index contributed by atoms with van der Waals surface area (Å²) in [7, 11) is 1.55. The highest BCUT2D eigenvalue weighted by atomic mass is 16.5. The third kappa shape index (κ3) is 4.11. The Labute approximate surface area is 109 Å². The Kier molecular flexibility index (Phi) is 5.28. The number of ketones is 1. The molecule has 18 heavy (non-hydrogen) atoms. The summed E-state index contributed by atoms with van der Waals surface area (Å²) in [6.45, 7) is 4.90. The van der Waals surface area contributed by atoms with Crippen LogP contribution in [-0.2, 0) is 0 Å². The molecule has 0 aromatic carbocycles. The van der Waals surface area contributed by atoms with Crippen molar-refractivity contribution in [1.82, 2.24) is 4.98 Å². The summed E-state index contributed by atoms with van der Waals surface area (Å²) in [4.78, 5) is 16.2. The van der Waals surface area contributed by atoms with Crippen LogP contribution >= 0.6 is 0 Å². The molecule has 1 aromatic rings. The fourth-order valence-corrected chi connectivity index (χ4v) is 1.85. The Bertz CT molecular complexity index is 403. The summed E-state index contributed by atoms with van der Waals surface area (Å²) in [6.07, 6.45) is 3.81. The van der Waals surface area contributed by atoms with E-state index in [2.05, 4.69) is 18.8 Å². The molecule has 0 amide bonds. The van der Waals surface area contributed by atoms with E-state index in [-0.39, 0.29) is 11.2 Å². The van der Waals surface area contributed by atoms with Crippen molar-refractivity contribution in [3.63, 3.8) is 0 Å². The van der Waals surface area contributed by atoms with Crippen LogP contribution < -0.4 is 10.5 Å². The van der Waals surface area contributed by atoms with Crippen LogP contribution in [0.1, 0.15) is 43.6 Å². The van der Waals surface area contributed by atoms with Crippen LogP contribution in [0.2, 0.25) is 0 Å². The van der Waals surface area contributed by atoms with Crippen molar-refractivity contribution in [2.24, 2.45) is 11.1 Å². The van der Waals surface area contributed by atoms with Crippen molar-refractivity contribution in [1.29, 1.82) is 0 Å². The van der Waals surface area contributed by atoms with Crippen molar-refractivity contribution in [2.75, 3.05) is 13.7 Å². The molecule has 0 atom stereocenters. The predicted octanol–water partition coefficient (Wildman–Crippen LogP) is 2.43. The van der Waals surface area contributed by atoms with E-state index < -0.39 is 0 Å². The average Bonchev–Trinajstić information content (AvgIpc) is 2.36. The smallest absolute Gasteiger partial charge is 0.185 e. The van der Waals surface area contributed by atoms with Gasteiger partial charge in [0.25, 0.3) is 0 Å². The Hall–Kier alpha value is -1.42. The maximum Gasteiger partial charge on any atom is 0.185 e. The minimum absolute atomic E-state index is 0.0255. The zero-order chi connectivity index (χ0) is 13.6. The van der Waals surface area contributed by atoms with E-state index in [1.165, 1.54) is 0 Å². The molecule has 0 saturated carbocycles. The molecule has 0 saturated heterocycles. The first-order valence-corrected chi connectivity index (χ1v) is 6.22. The molecule has 0 unspecified atom stereocenters. The molecular formula is C14H22N2O2. The summed E-state index contributed by atoms with van der Waals surface area (Å²) < 4.78 is 5.14. The van der Waals surface area contributed by atoms with Crippen LogP contribution in [0.5, 0.6) is 5.75 Å². The molecule has 1 heterocycles. The summed E-state index contributed by atoms with van der Waals surface area (Å²) in [6, 6.07) is 3.51. The van der Waals surface area contributed by atoms with E-state index in [0.29, 0.717) is 24.4 Å². The van der Waals surface area contributed by atoms with Crippen LogP contribution in [0.3, 0.4) is 0 Å². The average molecular weight is 250 g/mol. The first kappa shape index (κ1) is 14.6. The molecule has 4 heteroatoms. The predicted molar refractivity (Wildman–Crippen MR) is 71.8 cm³/mol. The minimum atomic E-state index is 0.0255. The third-order valence-electron chi connectivity index (χ3n) is 3.10. The van der Waals surface area contributed by atoms with Gasteiger partial charge in [0.1, 0.15) is 11.4 Å². The van der Waals surface area contributed by atoms with E-state index in [1.807, 2.05) is 0 Å². The molecule has 0 aliphatic heterocycles. The largest absolute Gasteiger partial charge is 0.494 e. The van der Waals surface area contributed by atoms with Gasteiger partial charge in [0, 0.05) is 12.6 Å². The second-order valence-corrected chi connectivity index (χ2v) is 5.18. The Morgan fingerprint density at radius 1 is 1.44 bits per heavy atom. The monoisotopic (exact) mass is 250 g/mol. The van der Waals surface area contributed by atoms with Gasteiger partial charge in [0.15, 0.2) is 5.78 Å². The molecule has 100 valence electrons. The maximum atomic E-state index is 12.1. The number of nitrogens with zero attached hydrogens (tertiary/aromatic N) is 1. The number of aromatic nitrogens is 1. The number of nitrogens with two attached hydrogens (primary N) is 1. The molecule has 0 aliphatic carbocycles. The zero-order valence-corrected chi connectivity index (χ0v) is 11.4. The van der Waals surface area contributed by atoms with Crippen LogP contribution in [-0.4, -0.2) is 24.4 Å². The molecule has 0 radical (unpaired) electrons. The van der Waals surface area contributed by atoms with Crippen molar-refractivity contribution in [3.05, 3.63) is 24.0 Å². The van der Waals surface area contributed by atoms with Gasteiger partial charge in [-0.15, -0.1) is 0 Å². The number of carbonyl (C=O) groups excluding carboxylic acids is 1. The first-order valence-electron chi connectivity index (χ1n) is 6.22. The molecule has 1 aromatic heterocycles. The number of pyridine rings is 1. The third-order valence-corrected chi connectivity index (χ3v) is 3.10. The number of rotatable bonds is 7. The van der Waals surface area contributed by atoms with Crippen LogP contribution in [0, 0.1) is 5.41 Å². The summed E-state index contributed by atoms with van der Waals surface area (Å²) in [5, 5.41) is 0. The molecule has 2 N–H and O–H groups in total. The van der Waals surface area contributed by atoms with Gasteiger partial charge in [-0.05, 0) is 36.9 Å². The molecule has 0 fully saturated rings. The number of Topliss-reactive ketones (excluding diaryl/α,β-unsaturated/α-hetero) is 1. The van der Waals surface area contributed by atoms with Gasteiger partial charge in [0.2, 0.25) is 0 Å². The van der Waals surface area contributed by atoms with Gasteiger partial charge in [-0.25, -0.2) is 4.98 Å². The lowest BCUT2D eigenvalue weighted by atomic mass is 9.83. The molecule has 0 spiro atoms. The summed E-state index contributed by atoms with van der Waals surface area (Å²) in [5.74, 6) is 0.566. The van der Waals surface area contributed by atoms with E-state index in [1.54, 1.807) is 25.4 Å². The van der Waals surface area contributed by atoms with Crippen molar-refractivity contribution in [3.8, 4) is 5.75 Å². The number of methoxy groups -OCH3 is 1. The van der Waals surface area contributed by atoms with Gasteiger partial charge in [-0.2, -0.15) is 0 Å². The molecule has 1 rings (SSSR count). The fraction of sp³-hybridized carbons (Fsp3) is 0.571. The maximum absolute atomic E-state index is 12.1. The van der Waals surface area contributed by atoms with Gasteiger partial charge < -0.3 is 10.5 Å². The first-order chi connectivity index (χ1) is 8.50. The molecular weight excluding hydrogens is 228 g/mol. The lowest BCUT2D eigenvalue weighted by Crippen LogP contribution is -2.18. The Morgan fingerprint density at radius 2 is 2.17 bits per heavy atom. The number of hydrogen-bond acceptors (Lipinski definition) is 4. The van der Waals surface area contributed by atoms with Crippen molar-refractivity contribution >= 4 is 5.78 Å². The summed E-state index contributed by atoms with van der Waals surface area (Å²) >= 11 is 0. The lowest BCUT2D eigenvalue weighted by Gasteiger charge is -2.23. The zero-order valence-electron chi connectivity index (χ0n) is 11.4. The quantitative estimate of drug-likeness (QED) is 0.755. The highest BCUT2D eigenvalue weighted by Crippen LogP contribution is 2.27. The Morgan fingerprint density at radius 3 is 2.78 bits per heavy atom. The van der Waals surface area contributed by atoms with E-state index >= 15 is 0 Å². The van der Waals surface area contributed by atoms with E-state index in [0.717, 1.165) is 12.8 Å². The van der Waals surface area contributed by atoms with Crippen LogP contribution in [0.4, 0.5) is 0 Å². The van der Waals surface area contributed by atoms with Crippen molar-refractivity contribution in [2.45, 2.75) is 33.1 Å². The van der Waals surface area contributed by atoms with E-state index in [9.17, 15) is 4.79 Å². The summed E-state index contributed by atoms with van der Waals surface area (Å²) in [5.41, 5.74) is 6.07. The van der Waals surface area contributed by atoms with Gasteiger partial charge in [0.05, 0.1) is 7.11 Å². The number of hydrogen-bond donors (Lipinski definition) is 1. The normalized spacial score (nSPS) is 11.3. The topological polar surface area (TPSA) is 65.2 Å². The SMILES string of the molecule is COc1cccnc1C(=O)CCC(C)(C)CCN. The Balaban J connectivity index is 2.66.